The van der Waals surface area contributed by atoms with Gasteiger partial charge in [-0.25, -0.2) is 14.8 Å². The number of aryl methyl sites for hydroxylation is 1. The van der Waals surface area contributed by atoms with Gasteiger partial charge in [-0.1, -0.05) is 48.5 Å². The molecule has 0 radical (unpaired) electrons. The summed E-state index contributed by atoms with van der Waals surface area (Å²) in [5.41, 5.74) is 3.91. The van der Waals surface area contributed by atoms with Crippen LogP contribution in [0.1, 0.15) is 31.2 Å². The average molecular weight is 448 g/mol. The van der Waals surface area contributed by atoms with Gasteiger partial charge in [-0.15, -0.1) is 0 Å². The maximum atomic E-state index is 10.7. The number of anilines is 1. The quantitative estimate of drug-likeness (QED) is 0.286. The van der Waals surface area contributed by atoms with E-state index in [0.29, 0.717) is 32.8 Å². The molecule has 0 bridgehead atoms. The Morgan fingerprint density at radius 2 is 1.85 bits per heavy atom. The average Bonchev–Trinajstić information content (AvgIpc) is 3.20. The van der Waals surface area contributed by atoms with Crippen LogP contribution in [0.25, 0.3) is 21.9 Å². The Hall–Kier alpha value is -3.65. The first-order valence-corrected chi connectivity index (χ1v) is 11.3. The lowest BCUT2D eigenvalue weighted by Crippen LogP contribution is -2.22. The number of benzene rings is 2. The molecule has 1 amide bonds. The normalized spacial score (nSPS) is 11.2. The molecule has 0 saturated heterocycles. The maximum absolute atomic E-state index is 10.7. The number of hydrogen-bond acceptors (Lipinski definition) is 5. The number of unbranched alkanes of at least 4 members (excludes halogenated alkanes) is 1. The van der Waals surface area contributed by atoms with E-state index in [-0.39, 0.29) is 0 Å². The molecule has 0 unspecified atom stereocenters. The fourth-order valence-corrected chi connectivity index (χ4v) is 3.92. The summed E-state index contributed by atoms with van der Waals surface area (Å²) in [6, 6.07) is 18.3. The van der Waals surface area contributed by atoms with E-state index >= 15 is 0 Å². The molecule has 4 rings (SSSR count). The van der Waals surface area contributed by atoms with Gasteiger partial charge in [0.15, 0.2) is 5.82 Å². The second kappa shape index (κ2) is 10.8. The zero-order chi connectivity index (χ0) is 23.0. The molecule has 2 heterocycles. The predicted octanol–water partition coefficient (Wildman–Crippen LogP) is 4.78. The molecule has 33 heavy (non-hydrogen) atoms. The minimum Gasteiger partial charge on any atom is -0.465 e. The lowest BCUT2D eigenvalue weighted by molar-refractivity contribution is 0.126. The van der Waals surface area contributed by atoms with E-state index in [0.717, 1.165) is 46.4 Å². The Morgan fingerprint density at radius 1 is 1.06 bits per heavy atom. The van der Waals surface area contributed by atoms with Crippen molar-refractivity contribution in [2.24, 2.45) is 0 Å². The van der Waals surface area contributed by atoms with Crippen molar-refractivity contribution in [2.45, 2.75) is 39.5 Å². The third-order valence-electron chi connectivity index (χ3n) is 5.49. The predicted molar refractivity (Wildman–Crippen MR) is 129 cm³/mol. The van der Waals surface area contributed by atoms with Crippen molar-refractivity contribution in [3.63, 3.8) is 0 Å². The molecular formula is C25H29N5O3. The van der Waals surface area contributed by atoms with E-state index in [9.17, 15) is 4.79 Å². The summed E-state index contributed by atoms with van der Waals surface area (Å²) in [5.74, 6) is 1.59. The monoisotopic (exact) mass is 447 g/mol. The van der Waals surface area contributed by atoms with Gasteiger partial charge in [-0.2, -0.15) is 0 Å². The molecule has 4 aromatic rings. The van der Waals surface area contributed by atoms with Crippen molar-refractivity contribution in [1.29, 1.82) is 0 Å². The molecule has 0 atom stereocenters. The van der Waals surface area contributed by atoms with Crippen LogP contribution < -0.4 is 10.6 Å². The van der Waals surface area contributed by atoms with Crippen LogP contribution in [0, 0.1) is 0 Å². The van der Waals surface area contributed by atoms with Crippen LogP contribution in [0.5, 0.6) is 0 Å². The summed E-state index contributed by atoms with van der Waals surface area (Å²) in [7, 11) is 0. The summed E-state index contributed by atoms with van der Waals surface area (Å²) >= 11 is 0. The molecule has 2 aromatic carbocycles. The summed E-state index contributed by atoms with van der Waals surface area (Å²) < 4.78 is 7.91. The highest BCUT2D eigenvalue weighted by Gasteiger charge is 2.18. The Kier molecular flexibility index (Phi) is 7.36. The van der Waals surface area contributed by atoms with Gasteiger partial charge < -0.3 is 25.0 Å². The van der Waals surface area contributed by atoms with E-state index in [1.165, 1.54) is 5.56 Å². The summed E-state index contributed by atoms with van der Waals surface area (Å²) in [6.07, 6.45) is 0.558. The molecule has 0 aliphatic heterocycles. The number of nitrogens with zero attached hydrogens (tertiary/aromatic N) is 3. The zero-order valence-electron chi connectivity index (χ0n) is 18.8. The standard InChI is InChI=1S/C25H29N5O3/c1-2-33-17-21-29-22-23(30(21)15-9-8-14-26-25(31)32)19-12-6-7-13-20(19)28-24(22)27-16-18-10-4-3-5-11-18/h3-7,10-13,26H,2,8-9,14-17H2,1H3,(H,27,28)(H,31,32). The molecule has 8 heteroatoms. The first-order chi connectivity index (χ1) is 16.2. The second-order valence-electron chi connectivity index (χ2n) is 7.77. The number of rotatable bonds is 11. The molecule has 172 valence electrons. The smallest absolute Gasteiger partial charge is 0.404 e. The van der Waals surface area contributed by atoms with Crippen LogP contribution in [0.3, 0.4) is 0 Å². The third-order valence-corrected chi connectivity index (χ3v) is 5.49. The van der Waals surface area contributed by atoms with Gasteiger partial charge in [-0.05, 0) is 31.4 Å². The number of hydrogen-bond donors (Lipinski definition) is 3. The third kappa shape index (κ3) is 5.40. The Balaban J connectivity index is 1.71. The Labute approximate surface area is 192 Å². The van der Waals surface area contributed by atoms with E-state index in [2.05, 4.69) is 33.4 Å². The van der Waals surface area contributed by atoms with Gasteiger partial charge >= 0.3 is 6.09 Å². The van der Waals surface area contributed by atoms with Crippen LogP contribution in [0.2, 0.25) is 0 Å². The van der Waals surface area contributed by atoms with Gasteiger partial charge in [0.05, 0.1) is 11.0 Å². The number of pyridine rings is 1. The van der Waals surface area contributed by atoms with Gasteiger partial charge in [0.2, 0.25) is 0 Å². The van der Waals surface area contributed by atoms with Crippen molar-refractivity contribution in [3.8, 4) is 0 Å². The van der Waals surface area contributed by atoms with Crippen LogP contribution in [0.15, 0.2) is 54.6 Å². The number of amides is 1. The molecule has 2 aromatic heterocycles. The molecule has 3 N–H and O–H groups in total. The number of para-hydroxylation sites is 1. The summed E-state index contributed by atoms with van der Waals surface area (Å²) in [6.45, 7) is 4.76. The highest BCUT2D eigenvalue weighted by atomic mass is 16.5. The fourth-order valence-electron chi connectivity index (χ4n) is 3.92. The highest BCUT2D eigenvalue weighted by Crippen LogP contribution is 2.31. The second-order valence-corrected chi connectivity index (χ2v) is 7.77. The van der Waals surface area contributed by atoms with Crippen molar-refractivity contribution in [3.05, 3.63) is 66.0 Å². The van der Waals surface area contributed by atoms with Crippen molar-refractivity contribution < 1.29 is 14.6 Å². The number of carbonyl (C=O) groups is 1. The van der Waals surface area contributed by atoms with Gasteiger partial charge in [0.1, 0.15) is 17.9 Å². The molecule has 0 aliphatic rings. The van der Waals surface area contributed by atoms with Crippen molar-refractivity contribution >= 4 is 33.8 Å². The van der Waals surface area contributed by atoms with Gasteiger partial charge in [0.25, 0.3) is 0 Å². The van der Waals surface area contributed by atoms with Crippen LogP contribution in [-0.4, -0.2) is 38.9 Å². The first kappa shape index (κ1) is 22.5. The van der Waals surface area contributed by atoms with Gasteiger partial charge in [-0.3, -0.25) is 0 Å². The number of aromatic nitrogens is 3. The number of fused-ring (bicyclic) bond motifs is 3. The zero-order valence-corrected chi connectivity index (χ0v) is 18.8. The van der Waals surface area contributed by atoms with E-state index in [1.54, 1.807) is 0 Å². The highest BCUT2D eigenvalue weighted by molar-refractivity contribution is 6.07. The summed E-state index contributed by atoms with van der Waals surface area (Å²) in [5, 5.41) is 15.8. The number of carboxylic acid groups (broad SMARTS) is 1. The van der Waals surface area contributed by atoms with Crippen molar-refractivity contribution in [1.82, 2.24) is 19.9 Å². The molecule has 8 nitrogen and oxygen atoms in total. The first-order valence-electron chi connectivity index (χ1n) is 11.3. The largest absolute Gasteiger partial charge is 0.465 e. The van der Waals surface area contributed by atoms with E-state index in [4.69, 9.17) is 19.8 Å². The molecule has 0 saturated carbocycles. The topological polar surface area (TPSA) is 101 Å². The summed E-state index contributed by atoms with van der Waals surface area (Å²) in [4.78, 5) is 20.6. The minimum atomic E-state index is -0.994. The lowest BCUT2D eigenvalue weighted by Gasteiger charge is -2.12. The minimum absolute atomic E-state index is 0.408. The number of ether oxygens (including phenoxy) is 1. The lowest BCUT2D eigenvalue weighted by atomic mass is 10.1. The number of nitrogens with one attached hydrogen (secondary N) is 2. The Bertz CT molecular complexity index is 1220. The van der Waals surface area contributed by atoms with E-state index in [1.807, 2.05) is 43.3 Å². The molecule has 0 spiro atoms. The van der Waals surface area contributed by atoms with Crippen LogP contribution in [-0.2, 0) is 24.4 Å². The fraction of sp³-hybridized carbons (Fsp3) is 0.320. The molecule has 0 aliphatic carbocycles. The number of imidazole rings is 1. The van der Waals surface area contributed by atoms with Gasteiger partial charge in [0, 0.05) is 31.6 Å². The molecular weight excluding hydrogens is 418 g/mol. The molecule has 0 fully saturated rings. The van der Waals surface area contributed by atoms with Crippen LogP contribution in [0.4, 0.5) is 10.6 Å². The van der Waals surface area contributed by atoms with E-state index < -0.39 is 6.09 Å². The van der Waals surface area contributed by atoms with Crippen molar-refractivity contribution in [2.75, 3.05) is 18.5 Å². The SMILES string of the molecule is CCOCc1nc2c(NCc3ccccc3)nc3ccccc3c2n1CCCCNC(=O)O. The Morgan fingerprint density at radius 3 is 2.64 bits per heavy atom. The maximum Gasteiger partial charge on any atom is 0.404 e. The van der Waals surface area contributed by atoms with Crippen LogP contribution >= 0.6 is 0 Å².